The Balaban J connectivity index is 1.79. The number of nitrogens with one attached hydrogen (secondary N) is 1. The van der Waals surface area contributed by atoms with Crippen LogP contribution in [0.4, 0.5) is 5.69 Å². The quantitative estimate of drug-likeness (QED) is 0.660. The number of hydrogen-bond acceptors (Lipinski definition) is 3. The third-order valence-electron chi connectivity index (χ3n) is 3.50. The van der Waals surface area contributed by atoms with Gasteiger partial charge in [-0.3, -0.25) is 4.79 Å². The average Bonchev–Trinajstić information content (AvgIpc) is 2.97. The Morgan fingerprint density at radius 3 is 2.76 bits per heavy atom. The summed E-state index contributed by atoms with van der Waals surface area (Å²) in [5.74, 6) is -0.156. The summed E-state index contributed by atoms with van der Waals surface area (Å²) in [4.78, 5) is 17.6. The van der Waals surface area contributed by atoms with Gasteiger partial charge in [-0.2, -0.15) is 0 Å². The molecule has 3 rings (SSSR count). The summed E-state index contributed by atoms with van der Waals surface area (Å²) in [5, 5.41) is 4.87. The van der Waals surface area contributed by atoms with E-state index in [-0.39, 0.29) is 12.3 Å². The molecule has 1 heterocycles. The van der Waals surface area contributed by atoms with Gasteiger partial charge >= 0.3 is 0 Å². The van der Waals surface area contributed by atoms with Crippen LogP contribution in [0.2, 0.25) is 10.0 Å². The van der Waals surface area contributed by atoms with Gasteiger partial charge in [0, 0.05) is 34.4 Å². The highest BCUT2D eigenvalue weighted by Gasteiger charge is 2.13. The van der Waals surface area contributed by atoms with Gasteiger partial charge in [-0.1, -0.05) is 41.4 Å². The van der Waals surface area contributed by atoms with Gasteiger partial charge in [0.25, 0.3) is 0 Å². The van der Waals surface area contributed by atoms with E-state index in [1.165, 1.54) is 11.8 Å². The van der Waals surface area contributed by atoms with Crippen LogP contribution in [-0.4, -0.2) is 15.5 Å². The maximum absolute atomic E-state index is 12.4. The standard InChI is InChI=1S/C18H15Cl2N3OS/c1-23-9-8-21-18(23)25-16-7-6-13(19)11-15(16)22-17(24)10-12-4-2-3-5-14(12)20/h2-9,11H,10H2,1H3,(H,22,24). The second-order valence-corrected chi connectivity index (χ2v) is 7.23. The van der Waals surface area contributed by atoms with Crippen molar-refractivity contribution in [3.8, 4) is 0 Å². The molecule has 0 atom stereocenters. The van der Waals surface area contributed by atoms with Crippen molar-refractivity contribution in [3.05, 3.63) is 70.5 Å². The molecule has 25 heavy (non-hydrogen) atoms. The Hall–Kier alpha value is -1.95. The minimum absolute atomic E-state index is 0.156. The average molecular weight is 392 g/mol. The summed E-state index contributed by atoms with van der Waals surface area (Å²) < 4.78 is 1.91. The largest absolute Gasteiger partial charge is 0.329 e. The smallest absolute Gasteiger partial charge is 0.228 e. The zero-order chi connectivity index (χ0) is 17.8. The molecule has 4 nitrogen and oxygen atoms in total. The van der Waals surface area contributed by atoms with Crippen molar-refractivity contribution < 1.29 is 4.79 Å². The molecular formula is C18H15Cl2N3OS. The van der Waals surface area contributed by atoms with Crippen molar-refractivity contribution in [1.82, 2.24) is 9.55 Å². The molecule has 0 aliphatic rings. The fourth-order valence-corrected chi connectivity index (χ4v) is 3.49. The lowest BCUT2D eigenvalue weighted by Crippen LogP contribution is -2.15. The van der Waals surface area contributed by atoms with Gasteiger partial charge in [-0.05, 0) is 41.6 Å². The number of carbonyl (C=O) groups is 1. The third-order valence-corrected chi connectivity index (χ3v) is 5.26. The Morgan fingerprint density at radius 2 is 2.04 bits per heavy atom. The van der Waals surface area contributed by atoms with E-state index in [9.17, 15) is 4.79 Å². The van der Waals surface area contributed by atoms with Crippen LogP contribution in [0.5, 0.6) is 0 Å². The van der Waals surface area contributed by atoms with Crippen molar-refractivity contribution in [2.24, 2.45) is 7.05 Å². The maximum Gasteiger partial charge on any atom is 0.228 e. The fraction of sp³-hybridized carbons (Fsp3) is 0.111. The lowest BCUT2D eigenvalue weighted by Gasteiger charge is -2.12. The normalized spacial score (nSPS) is 10.7. The van der Waals surface area contributed by atoms with E-state index in [4.69, 9.17) is 23.2 Å². The molecule has 0 bridgehead atoms. The van der Waals surface area contributed by atoms with Crippen molar-refractivity contribution in [1.29, 1.82) is 0 Å². The molecule has 0 aliphatic heterocycles. The first-order chi connectivity index (χ1) is 12.0. The molecule has 1 N–H and O–H groups in total. The summed E-state index contributed by atoms with van der Waals surface area (Å²) in [6.45, 7) is 0. The summed E-state index contributed by atoms with van der Waals surface area (Å²) in [5.41, 5.74) is 1.43. The molecule has 0 unspecified atom stereocenters. The van der Waals surface area contributed by atoms with Crippen molar-refractivity contribution >= 4 is 46.6 Å². The summed E-state index contributed by atoms with van der Waals surface area (Å²) in [6, 6.07) is 12.7. The number of halogens is 2. The minimum atomic E-state index is -0.156. The number of anilines is 1. The highest BCUT2D eigenvalue weighted by Crippen LogP contribution is 2.34. The Bertz CT molecular complexity index is 911. The zero-order valence-corrected chi connectivity index (χ0v) is 15.7. The second kappa shape index (κ2) is 7.95. The Labute approximate surface area is 160 Å². The first kappa shape index (κ1) is 17.9. The number of imidazole rings is 1. The molecular weight excluding hydrogens is 377 g/mol. The van der Waals surface area contributed by atoms with Crippen LogP contribution in [0, 0.1) is 0 Å². The third kappa shape index (κ3) is 4.57. The molecule has 0 aliphatic carbocycles. The monoisotopic (exact) mass is 391 g/mol. The van der Waals surface area contributed by atoms with Gasteiger partial charge in [0.1, 0.15) is 0 Å². The van der Waals surface area contributed by atoms with Gasteiger partial charge < -0.3 is 9.88 Å². The van der Waals surface area contributed by atoms with Gasteiger partial charge in [-0.25, -0.2) is 4.98 Å². The number of carbonyl (C=O) groups excluding carboxylic acids is 1. The van der Waals surface area contributed by atoms with Crippen LogP contribution < -0.4 is 5.32 Å². The van der Waals surface area contributed by atoms with Crippen molar-refractivity contribution in [2.75, 3.05) is 5.32 Å². The maximum atomic E-state index is 12.4. The molecule has 0 radical (unpaired) electrons. The van der Waals surface area contributed by atoms with E-state index in [2.05, 4.69) is 10.3 Å². The molecule has 1 aromatic heterocycles. The predicted molar refractivity (Wildman–Crippen MR) is 103 cm³/mol. The minimum Gasteiger partial charge on any atom is -0.329 e. The number of hydrogen-bond donors (Lipinski definition) is 1. The SMILES string of the molecule is Cn1ccnc1Sc1ccc(Cl)cc1NC(=O)Cc1ccccc1Cl. The Morgan fingerprint density at radius 1 is 1.24 bits per heavy atom. The molecule has 0 saturated carbocycles. The molecule has 1 amide bonds. The highest BCUT2D eigenvalue weighted by molar-refractivity contribution is 7.99. The van der Waals surface area contributed by atoms with Crippen LogP contribution >= 0.6 is 35.0 Å². The number of rotatable bonds is 5. The Kier molecular flexibility index (Phi) is 5.68. The van der Waals surface area contributed by atoms with E-state index < -0.39 is 0 Å². The second-order valence-electron chi connectivity index (χ2n) is 5.38. The fourth-order valence-electron chi connectivity index (χ4n) is 2.25. The number of aryl methyl sites for hydroxylation is 1. The first-order valence-corrected chi connectivity index (χ1v) is 9.08. The predicted octanol–water partition coefficient (Wildman–Crippen LogP) is 5.06. The van der Waals surface area contributed by atoms with Gasteiger partial charge in [0.15, 0.2) is 5.16 Å². The summed E-state index contributed by atoms with van der Waals surface area (Å²) >= 11 is 13.7. The number of aromatic nitrogens is 2. The lowest BCUT2D eigenvalue weighted by molar-refractivity contribution is -0.115. The number of nitrogens with zero attached hydrogens (tertiary/aromatic N) is 2. The van der Waals surface area contributed by atoms with E-state index in [0.29, 0.717) is 15.7 Å². The summed E-state index contributed by atoms with van der Waals surface area (Å²) in [7, 11) is 1.92. The van der Waals surface area contributed by atoms with Gasteiger partial charge in [-0.15, -0.1) is 0 Å². The van der Waals surface area contributed by atoms with Crippen LogP contribution in [0.15, 0.2) is 64.9 Å². The zero-order valence-electron chi connectivity index (χ0n) is 13.4. The molecule has 128 valence electrons. The highest BCUT2D eigenvalue weighted by atomic mass is 35.5. The molecule has 2 aromatic carbocycles. The lowest BCUT2D eigenvalue weighted by atomic mass is 10.1. The van der Waals surface area contributed by atoms with Gasteiger partial charge in [0.2, 0.25) is 5.91 Å². The topological polar surface area (TPSA) is 46.9 Å². The van der Waals surface area contributed by atoms with E-state index in [1.807, 2.05) is 42.1 Å². The van der Waals surface area contributed by atoms with E-state index >= 15 is 0 Å². The molecule has 0 saturated heterocycles. The molecule has 3 aromatic rings. The van der Waals surface area contributed by atoms with E-state index in [0.717, 1.165) is 15.6 Å². The van der Waals surface area contributed by atoms with Crippen LogP contribution in [0.1, 0.15) is 5.56 Å². The summed E-state index contributed by atoms with van der Waals surface area (Å²) in [6.07, 6.45) is 3.79. The molecule has 7 heteroatoms. The van der Waals surface area contributed by atoms with Crippen LogP contribution in [-0.2, 0) is 18.3 Å². The van der Waals surface area contributed by atoms with E-state index in [1.54, 1.807) is 24.4 Å². The molecule has 0 spiro atoms. The van der Waals surface area contributed by atoms with Gasteiger partial charge in [0.05, 0.1) is 12.1 Å². The first-order valence-electron chi connectivity index (χ1n) is 7.51. The number of amides is 1. The van der Waals surface area contributed by atoms with Crippen molar-refractivity contribution in [2.45, 2.75) is 16.5 Å². The van der Waals surface area contributed by atoms with Crippen LogP contribution in [0.3, 0.4) is 0 Å². The van der Waals surface area contributed by atoms with Crippen molar-refractivity contribution in [3.63, 3.8) is 0 Å². The molecule has 0 fully saturated rings. The van der Waals surface area contributed by atoms with Crippen LogP contribution in [0.25, 0.3) is 0 Å². The number of benzene rings is 2.